The van der Waals surface area contributed by atoms with Crippen molar-refractivity contribution in [2.45, 2.75) is 38.6 Å². The lowest BCUT2D eigenvalue weighted by molar-refractivity contribution is -0.121. The van der Waals surface area contributed by atoms with Crippen LogP contribution in [0.3, 0.4) is 0 Å². The van der Waals surface area contributed by atoms with Gasteiger partial charge in [0.05, 0.1) is 0 Å². The first kappa shape index (κ1) is 17.5. The van der Waals surface area contributed by atoms with Gasteiger partial charge >= 0.3 is 0 Å². The molecule has 1 N–H and O–H groups in total. The van der Waals surface area contributed by atoms with Crippen LogP contribution in [-0.4, -0.2) is 40.6 Å². The van der Waals surface area contributed by atoms with E-state index in [1.54, 1.807) is 19.1 Å². The minimum Gasteiger partial charge on any atom is -0.352 e. The fraction of sp³-hybridized carbons (Fsp3) is 0.500. The van der Waals surface area contributed by atoms with Gasteiger partial charge in [-0.15, -0.1) is 0 Å². The number of nitrogens with zero attached hydrogens (tertiary/aromatic N) is 3. The Labute approximate surface area is 146 Å². The molecule has 1 aromatic carbocycles. The van der Waals surface area contributed by atoms with Crippen LogP contribution in [0.2, 0.25) is 0 Å². The highest BCUT2D eigenvalue weighted by Crippen LogP contribution is 2.25. The number of hydrogen-bond donors (Lipinski definition) is 1. The quantitative estimate of drug-likeness (QED) is 0.870. The monoisotopic (exact) mass is 346 g/mol. The maximum absolute atomic E-state index is 12.8. The van der Waals surface area contributed by atoms with Crippen molar-refractivity contribution in [2.24, 2.45) is 0 Å². The van der Waals surface area contributed by atoms with Crippen LogP contribution in [0.4, 0.5) is 4.39 Å². The molecule has 1 aliphatic heterocycles. The number of rotatable bonds is 6. The van der Waals surface area contributed by atoms with E-state index in [1.807, 2.05) is 0 Å². The van der Waals surface area contributed by atoms with Crippen molar-refractivity contribution in [1.82, 2.24) is 20.4 Å². The zero-order valence-electron chi connectivity index (χ0n) is 14.4. The van der Waals surface area contributed by atoms with Gasteiger partial charge in [-0.1, -0.05) is 17.3 Å². The number of aromatic nitrogens is 2. The SMILES string of the molecule is Cc1nc(C2CCN(CCC(=O)NCc3ccc(F)cc3)CC2)no1. The highest BCUT2D eigenvalue weighted by Gasteiger charge is 2.24. The van der Waals surface area contributed by atoms with Crippen LogP contribution in [0, 0.1) is 12.7 Å². The molecule has 0 unspecified atom stereocenters. The van der Waals surface area contributed by atoms with E-state index in [2.05, 4.69) is 20.4 Å². The molecule has 0 saturated carbocycles. The number of halogens is 1. The molecular weight excluding hydrogens is 323 g/mol. The average Bonchev–Trinajstić information content (AvgIpc) is 3.06. The third-order valence-electron chi connectivity index (χ3n) is 4.55. The van der Waals surface area contributed by atoms with Gasteiger partial charge in [0, 0.05) is 32.4 Å². The van der Waals surface area contributed by atoms with E-state index in [0.29, 0.717) is 24.8 Å². The summed E-state index contributed by atoms with van der Waals surface area (Å²) < 4.78 is 17.9. The Hall–Kier alpha value is -2.28. The molecule has 134 valence electrons. The zero-order valence-corrected chi connectivity index (χ0v) is 14.4. The Morgan fingerprint density at radius 2 is 2.04 bits per heavy atom. The first-order valence-corrected chi connectivity index (χ1v) is 8.64. The summed E-state index contributed by atoms with van der Waals surface area (Å²) in [7, 11) is 0. The molecule has 0 bridgehead atoms. The van der Waals surface area contributed by atoms with Crippen molar-refractivity contribution >= 4 is 5.91 Å². The lowest BCUT2D eigenvalue weighted by Crippen LogP contribution is -2.36. The summed E-state index contributed by atoms with van der Waals surface area (Å²) in [4.78, 5) is 18.6. The third-order valence-corrected chi connectivity index (χ3v) is 4.55. The summed E-state index contributed by atoms with van der Waals surface area (Å²) >= 11 is 0. The maximum atomic E-state index is 12.8. The van der Waals surface area contributed by atoms with Gasteiger partial charge in [-0.25, -0.2) is 4.39 Å². The van der Waals surface area contributed by atoms with Crippen LogP contribution in [0.5, 0.6) is 0 Å². The predicted octanol–water partition coefficient (Wildman–Crippen LogP) is 2.40. The molecule has 1 amide bonds. The van der Waals surface area contributed by atoms with E-state index >= 15 is 0 Å². The van der Waals surface area contributed by atoms with Crippen LogP contribution in [0.15, 0.2) is 28.8 Å². The standard InChI is InChI=1S/C18H23FN4O2/c1-13-21-18(22-25-13)15-6-9-23(10-7-15)11-8-17(24)20-12-14-2-4-16(19)5-3-14/h2-5,15H,6-12H2,1H3,(H,20,24). The number of carbonyl (C=O) groups is 1. The molecule has 0 spiro atoms. The minimum absolute atomic E-state index is 0.0141. The van der Waals surface area contributed by atoms with Crippen molar-refractivity contribution in [3.8, 4) is 0 Å². The highest BCUT2D eigenvalue weighted by molar-refractivity contribution is 5.76. The molecule has 25 heavy (non-hydrogen) atoms. The van der Waals surface area contributed by atoms with Crippen LogP contribution < -0.4 is 5.32 Å². The number of hydrogen-bond acceptors (Lipinski definition) is 5. The lowest BCUT2D eigenvalue weighted by Gasteiger charge is -2.30. The fourth-order valence-corrected chi connectivity index (χ4v) is 3.05. The number of likely N-dealkylation sites (tertiary alicyclic amines) is 1. The summed E-state index contributed by atoms with van der Waals surface area (Å²) in [6.45, 7) is 4.84. The molecule has 1 saturated heterocycles. The molecular formula is C18H23FN4O2. The Morgan fingerprint density at radius 3 is 2.68 bits per heavy atom. The molecule has 6 nitrogen and oxygen atoms in total. The van der Waals surface area contributed by atoms with Crippen LogP contribution in [-0.2, 0) is 11.3 Å². The molecule has 3 rings (SSSR count). The first-order valence-electron chi connectivity index (χ1n) is 8.64. The molecule has 1 fully saturated rings. The normalized spacial score (nSPS) is 16.1. The topological polar surface area (TPSA) is 71.3 Å². The Bertz CT molecular complexity index is 693. The highest BCUT2D eigenvalue weighted by atomic mass is 19.1. The molecule has 2 aromatic rings. The summed E-state index contributed by atoms with van der Waals surface area (Å²) in [5.74, 6) is 1.50. The minimum atomic E-state index is -0.269. The first-order chi connectivity index (χ1) is 12.1. The maximum Gasteiger partial charge on any atom is 0.223 e. The van der Waals surface area contributed by atoms with Gasteiger partial charge in [0.1, 0.15) is 5.82 Å². The van der Waals surface area contributed by atoms with Crippen LogP contribution in [0.1, 0.15) is 42.5 Å². The van der Waals surface area contributed by atoms with Gasteiger partial charge in [-0.2, -0.15) is 4.98 Å². The Balaban J connectivity index is 1.35. The van der Waals surface area contributed by atoms with E-state index in [-0.39, 0.29) is 11.7 Å². The number of nitrogens with one attached hydrogen (secondary N) is 1. The van der Waals surface area contributed by atoms with E-state index in [4.69, 9.17) is 4.52 Å². The van der Waals surface area contributed by atoms with Gasteiger partial charge in [0.25, 0.3) is 0 Å². The molecule has 0 aliphatic carbocycles. The van der Waals surface area contributed by atoms with E-state index < -0.39 is 0 Å². The van der Waals surface area contributed by atoms with Gasteiger partial charge in [-0.05, 0) is 43.6 Å². The van der Waals surface area contributed by atoms with Crippen LogP contribution >= 0.6 is 0 Å². The van der Waals surface area contributed by atoms with Crippen molar-refractivity contribution in [1.29, 1.82) is 0 Å². The largest absolute Gasteiger partial charge is 0.352 e. The van der Waals surface area contributed by atoms with E-state index in [9.17, 15) is 9.18 Å². The van der Waals surface area contributed by atoms with Crippen LogP contribution in [0.25, 0.3) is 0 Å². The average molecular weight is 346 g/mol. The van der Waals surface area contributed by atoms with Crippen molar-refractivity contribution in [3.63, 3.8) is 0 Å². The number of benzene rings is 1. The predicted molar refractivity (Wildman–Crippen MR) is 90.3 cm³/mol. The Morgan fingerprint density at radius 1 is 1.32 bits per heavy atom. The molecule has 1 aromatic heterocycles. The molecule has 2 heterocycles. The van der Waals surface area contributed by atoms with Gasteiger partial charge in [0.2, 0.25) is 11.8 Å². The molecule has 0 atom stereocenters. The summed E-state index contributed by atoms with van der Waals surface area (Å²) in [5, 5.41) is 6.88. The third kappa shape index (κ3) is 5.09. The van der Waals surface area contributed by atoms with E-state index in [1.165, 1.54) is 12.1 Å². The van der Waals surface area contributed by atoms with Gasteiger partial charge in [-0.3, -0.25) is 4.79 Å². The number of carbonyl (C=O) groups excluding carboxylic acids is 1. The molecule has 0 radical (unpaired) electrons. The number of piperidine rings is 1. The second-order valence-electron chi connectivity index (χ2n) is 6.44. The zero-order chi connectivity index (χ0) is 17.6. The summed E-state index contributed by atoms with van der Waals surface area (Å²) in [6, 6.07) is 6.16. The second-order valence-corrected chi connectivity index (χ2v) is 6.44. The smallest absolute Gasteiger partial charge is 0.223 e. The van der Waals surface area contributed by atoms with Crippen molar-refractivity contribution in [2.75, 3.05) is 19.6 Å². The van der Waals surface area contributed by atoms with E-state index in [0.717, 1.165) is 43.9 Å². The van der Waals surface area contributed by atoms with Crippen molar-refractivity contribution < 1.29 is 13.7 Å². The summed E-state index contributed by atoms with van der Waals surface area (Å²) in [5.41, 5.74) is 0.894. The number of amides is 1. The van der Waals surface area contributed by atoms with Gasteiger partial charge < -0.3 is 14.7 Å². The van der Waals surface area contributed by atoms with Crippen molar-refractivity contribution in [3.05, 3.63) is 47.4 Å². The Kier molecular flexibility index (Phi) is 5.75. The fourth-order valence-electron chi connectivity index (χ4n) is 3.05. The summed E-state index contributed by atoms with van der Waals surface area (Å²) in [6.07, 6.45) is 2.43. The van der Waals surface area contributed by atoms with Gasteiger partial charge in [0.15, 0.2) is 5.82 Å². The number of aryl methyl sites for hydroxylation is 1. The lowest BCUT2D eigenvalue weighted by atomic mass is 9.96. The molecule has 7 heteroatoms. The second kappa shape index (κ2) is 8.20. The molecule has 1 aliphatic rings.